The van der Waals surface area contributed by atoms with Gasteiger partial charge in [-0.2, -0.15) is 0 Å². The summed E-state index contributed by atoms with van der Waals surface area (Å²) in [6.07, 6.45) is 8.54. The Balaban J connectivity index is 1.86. The van der Waals surface area contributed by atoms with Crippen molar-refractivity contribution in [3.8, 4) is 0 Å². The molecule has 1 N–H and O–H groups in total. The number of methoxy groups -OCH3 is 1. The molecule has 104 valence electrons. The molecule has 1 heterocycles. The molecule has 1 atom stereocenters. The molecular formula is C14H25NO3. The molecule has 1 unspecified atom stereocenters. The number of rotatable bonds is 5. The van der Waals surface area contributed by atoms with Crippen molar-refractivity contribution in [3.05, 3.63) is 0 Å². The van der Waals surface area contributed by atoms with Crippen LogP contribution in [-0.2, 0) is 9.53 Å². The van der Waals surface area contributed by atoms with Crippen LogP contribution in [0.3, 0.4) is 0 Å². The first-order valence-electron chi connectivity index (χ1n) is 7.13. The fraction of sp³-hybridized carbons (Fsp3) is 0.929. The second kappa shape index (κ2) is 6.02. The van der Waals surface area contributed by atoms with Crippen LogP contribution in [0, 0.1) is 5.41 Å². The molecule has 18 heavy (non-hydrogen) atoms. The number of aliphatic carboxylic acids is 1. The third-order valence-electron chi connectivity index (χ3n) is 4.56. The number of carboxylic acids is 1. The van der Waals surface area contributed by atoms with Crippen molar-refractivity contribution in [1.82, 2.24) is 4.90 Å². The molecular weight excluding hydrogens is 230 g/mol. The van der Waals surface area contributed by atoms with E-state index in [0.717, 1.165) is 13.1 Å². The summed E-state index contributed by atoms with van der Waals surface area (Å²) in [5.74, 6) is -0.699. The van der Waals surface area contributed by atoms with E-state index in [4.69, 9.17) is 4.74 Å². The van der Waals surface area contributed by atoms with Crippen molar-refractivity contribution >= 4 is 5.97 Å². The van der Waals surface area contributed by atoms with Gasteiger partial charge in [-0.3, -0.25) is 9.69 Å². The fourth-order valence-corrected chi connectivity index (χ4v) is 3.52. The predicted octanol–water partition coefficient (Wildman–Crippen LogP) is 2.13. The lowest BCUT2D eigenvalue weighted by molar-refractivity contribution is -0.151. The van der Waals surface area contributed by atoms with Gasteiger partial charge in [-0.15, -0.1) is 0 Å². The minimum Gasteiger partial charge on any atom is -0.480 e. The van der Waals surface area contributed by atoms with E-state index in [2.05, 4.69) is 4.90 Å². The molecule has 1 saturated carbocycles. The van der Waals surface area contributed by atoms with Crippen LogP contribution in [-0.4, -0.2) is 48.8 Å². The quantitative estimate of drug-likeness (QED) is 0.817. The van der Waals surface area contributed by atoms with Gasteiger partial charge in [-0.05, 0) is 24.7 Å². The van der Waals surface area contributed by atoms with E-state index in [-0.39, 0.29) is 6.04 Å². The smallest absolute Gasteiger partial charge is 0.321 e. The molecule has 0 radical (unpaired) electrons. The highest BCUT2D eigenvalue weighted by atomic mass is 16.5. The SMILES string of the molecule is COCCC(C(=O)O)N1CC2(CCCCCC2)C1. The molecule has 1 aliphatic carbocycles. The molecule has 4 nitrogen and oxygen atoms in total. The van der Waals surface area contributed by atoms with E-state index < -0.39 is 5.97 Å². The highest BCUT2D eigenvalue weighted by Crippen LogP contribution is 2.43. The van der Waals surface area contributed by atoms with E-state index in [1.54, 1.807) is 7.11 Å². The van der Waals surface area contributed by atoms with E-state index in [0.29, 0.717) is 18.4 Å². The maximum atomic E-state index is 11.3. The van der Waals surface area contributed by atoms with Gasteiger partial charge in [-0.1, -0.05) is 25.7 Å². The summed E-state index contributed by atoms with van der Waals surface area (Å²) >= 11 is 0. The van der Waals surface area contributed by atoms with Gasteiger partial charge in [0.05, 0.1) is 0 Å². The summed E-state index contributed by atoms with van der Waals surface area (Å²) in [6, 6.07) is -0.348. The van der Waals surface area contributed by atoms with Crippen molar-refractivity contribution in [2.24, 2.45) is 5.41 Å². The van der Waals surface area contributed by atoms with Gasteiger partial charge in [0.1, 0.15) is 6.04 Å². The average Bonchev–Trinajstić information content (AvgIpc) is 2.54. The minimum atomic E-state index is -0.699. The standard InChI is InChI=1S/C14H25NO3/c1-18-9-6-12(13(16)17)15-10-14(11-15)7-4-2-3-5-8-14/h12H,2-11H2,1H3,(H,16,17). The van der Waals surface area contributed by atoms with Crippen molar-refractivity contribution in [3.63, 3.8) is 0 Å². The number of hydrogen-bond acceptors (Lipinski definition) is 3. The number of ether oxygens (including phenoxy) is 1. The molecule has 0 aromatic rings. The first-order valence-corrected chi connectivity index (χ1v) is 7.13. The third-order valence-corrected chi connectivity index (χ3v) is 4.56. The van der Waals surface area contributed by atoms with Crippen LogP contribution in [0.5, 0.6) is 0 Å². The summed E-state index contributed by atoms with van der Waals surface area (Å²) in [7, 11) is 1.63. The molecule has 2 fully saturated rings. The second-order valence-electron chi connectivity index (χ2n) is 5.95. The molecule has 0 aromatic heterocycles. The Labute approximate surface area is 109 Å². The van der Waals surface area contributed by atoms with Gasteiger partial charge in [-0.25, -0.2) is 0 Å². The van der Waals surface area contributed by atoms with Gasteiger partial charge >= 0.3 is 5.97 Å². The second-order valence-corrected chi connectivity index (χ2v) is 5.95. The zero-order valence-corrected chi connectivity index (χ0v) is 11.4. The maximum Gasteiger partial charge on any atom is 0.321 e. The van der Waals surface area contributed by atoms with E-state index in [1.807, 2.05) is 0 Å². The van der Waals surface area contributed by atoms with E-state index >= 15 is 0 Å². The first-order chi connectivity index (χ1) is 8.67. The zero-order chi connectivity index (χ0) is 13.0. The topological polar surface area (TPSA) is 49.8 Å². The number of likely N-dealkylation sites (tertiary alicyclic amines) is 1. The van der Waals surface area contributed by atoms with Crippen LogP contribution in [0.1, 0.15) is 44.9 Å². The van der Waals surface area contributed by atoms with Crippen molar-refractivity contribution in [1.29, 1.82) is 0 Å². The monoisotopic (exact) mass is 255 g/mol. The van der Waals surface area contributed by atoms with E-state index in [9.17, 15) is 9.90 Å². The Morgan fingerprint density at radius 2 is 1.89 bits per heavy atom. The van der Waals surface area contributed by atoms with Crippen LogP contribution in [0.15, 0.2) is 0 Å². The molecule has 4 heteroatoms. The van der Waals surface area contributed by atoms with E-state index in [1.165, 1.54) is 38.5 Å². The molecule has 1 aliphatic heterocycles. The van der Waals surface area contributed by atoms with Gasteiger partial charge in [0.15, 0.2) is 0 Å². The summed E-state index contributed by atoms with van der Waals surface area (Å²) in [6.45, 7) is 2.49. The Kier molecular flexibility index (Phi) is 4.62. The normalized spacial score (nSPS) is 25.4. The fourth-order valence-electron chi connectivity index (χ4n) is 3.52. The van der Waals surface area contributed by atoms with Gasteiger partial charge in [0.2, 0.25) is 0 Å². The molecule has 2 rings (SSSR count). The number of carbonyl (C=O) groups is 1. The lowest BCUT2D eigenvalue weighted by Gasteiger charge is -2.52. The van der Waals surface area contributed by atoms with Crippen molar-refractivity contribution in [2.45, 2.75) is 51.0 Å². The molecule has 0 amide bonds. The first kappa shape index (κ1) is 13.8. The molecule has 1 saturated heterocycles. The van der Waals surface area contributed by atoms with Gasteiger partial charge < -0.3 is 9.84 Å². The molecule has 0 aromatic carbocycles. The molecule has 1 spiro atoms. The lowest BCUT2D eigenvalue weighted by Crippen LogP contribution is -2.61. The highest BCUT2D eigenvalue weighted by Gasteiger charge is 2.46. The Morgan fingerprint density at radius 3 is 2.39 bits per heavy atom. The van der Waals surface area contributed by atoms with Crippen LogP contribution >= 0.6 is 0 Å². The highest BCUT2D eigenvalue weighted by molar-refractivity contribution is 5.73. The molecule has 2 aliphatic rings. The number of carboxylic acid groups (broad SMARTS) is 1. The minimum absolute atomic E-state index is 0.348. The largest absolute Gasteiger partial charge is 0.480 e. The Morgan fingerprint density at radius 1 is 1.28 bits per heavy atom. The van der Waals surface area contributed by atoms with Gasteiger partial charge in [0.25, 0.3) is 0 Å². The average molecular weight is 255 g/mol. The van der Waals surface area contributed by atoms with Gasteiger partial charge in [0, 0.05) is 26.8 Å². The number of hydrogen-bond donors (Lipinski definition) is 1. The van der Waals surface area contributed by atoms with Crippen LogP contribution in [0.2, 0.25) is 0 Å². The Hall–Kier alpha value is -0.610. The Bertz CT molecular complexity index is 277. The zero-order valence-electron chi connectivity index (χ0n) is 11.4. The summed E-state index contributed by atoms with van der Waals surface area (Å²) in [5.41, 5.74) is 0.442. The molecule has 0 bridgehead atoms. The predicted molar refractivity (Wildman–Crippen MR) is 69.6 cm³/mol. The van der Waals surface area contributed by atoms with Crippen LogP contribution in [0.4, 0.5) is 0 Å². The lowest BCUT2D eigenvalue weighted by atomic mass is 9.72. The summed E-state index contributed by atoms with van der Waals surface area (Å²) in [4.78, 5) is 13.4. The van der Waals surface area contributed by atoms with Crippen LogP contribution < -0.4 is 0 Å². The third kappa shape index (κ3) is 3.04. The van der Waals surface area contributed by atoms with Crippen molar-refractivity contribution < 1.29 is 14.6 Å². The summed E-state index contributed by atoms with van der Waals surface area (Å²) in [5, 5.41) is 9.28. The maximum absolute atomic E-state index is 11.3. The van der Waals surface area contributed by atoms with Crippen LogP contribution in [0.25, 0.3) is 0 Å². The number of nitrogens with zero attached hydrogens (tertiary/aromatic N) is 1. The van der Waals surface area contributed by atoms with Crippen molar-refractivity contribution in [2.75, 3.05) is 26.8 Å². The summed E-state index contributed by atoms with van der Waals surface area (Å²) < 4.78 is 5.01.